The first-order chi connectivity index (χ1) is 16.6. The number of carboxylic acid groups (broad SMARTS) is 1. The SMILES string of the molecule is Cc1oc(-c2cccs2)nc1COc1ccc(CON=C(CCC(=O)O)c2ccccc2)cc1. The van der Waals surface area contributed by atoms with Gasteiger partial charge in [-0.2, -0.15) is 0 Å². The summed E-state index contributed by atoms with van der Waals surface area (Å²) >= 11 is 1.58. The van der Waals surface area contributed by atoms with Crippen LogP contribution in [0.15, 0.2) is 81.7 Å². The fourth-order valence-electron chi connectivity index (χ4n) is 3.18. The van der Waals surface area contributed by atoms with E-state index in [2.05, 4.69) is 10.1 Å². The third-order valence-corrected chi connectivity index (χ3v) is 5.87. The molecule has 0 atom stereocenters. The number of thiophene rings is 1. The van der Waals surface area contributed by atoms with E-state index < -0.39 is 5.97 Å². The molecule has 2 aromatic carbocycles. The van der Waals surface area contributed by atoms with Crippen molar-refractivity contribution < 1.29 is 23.9 Å². The molecule has 2 aromatic heterocycles. The molecular formula is C26H24N2O5S. The van der Waals surface area contributed by atoms with Gasteiger partial charge in [0.1, 0.15) is 30.4 Å². The smallest absolute Gasteiger partial charge is 0.303 e. The maximum atomic E-state index is 11.0. The molecule has 0 saturated heterocycles. The Balaban J connectivity index is 1.32. The number of benzene rings is 2. The van der Waals surface area contributed by atoms with Gasteiger partial charge in [0.05, 0.1) is 17.0 Å². The fourth-order valence-corrected chi connectivity index (χ4v) is 3.83. The molecule has 4 rings (SSSR count). The molecule has 0 aliphatic rings. The normalized spacial score (nSPS) is 11.4. The summed E-state index contributed by atoms with van der Waals surface area (Å²) in [6, 6.07) is 20.9. The number of carboxylic acids is 1. The lowest BCUT2D eigenvalue weighted by atomic mass is 10.1. The van der Waals surface area contributed by atoms with Crippen LogP contribution >= 0.6 is 11.3 Å². The van der Waals surface area contributed by atoms with Crippen molar-refractivity contribution in [2.45, 2.75) is 33.0 Å². The molecule has 34 heavy (non-hydrogen) atoms. The minimum atomic E-state index is -0.872. The topological polar surface area (TPSA) is 94.2 Å². The highest BCUT2D eigenvalue weighted by Crippen LogP contribution is 2.26. The second kappa shape index (κ2) is 11.3. The Morgan fingerprint density at radius 2 is 1.82 bits per heavy atom. The first-order valence-corrected chi connectivity index (χ1v) is 11.6. The van der Waals surface area contributed by atoms with Gasteiger partial charge in [0, 0.05) is 6.42 Å². The first kappa shape index (κ1) is 23.3. The van der Waals surface area contributed by atoms with Crippen LogP contribution in [0.3, 0.4) is 0 Å². The Morgan fingerprint density at radius 1 is 1.03 bits per heavy atom. The lowest BCUT2D eigenvalue weighted by molar-refractivity contribution is -0.136. The molecule has 0 radical (unpaired) electrons. The summed E-state index contributed by atoms with van der Waals surface area (Å²) in [5.41, 5.74) is 3.13. The van der Waals surface area contributed by atoms with Crippen LogP contribution in [0.25, 0.3) is 10.8 Å². The number of aliphatic carboxylic acids is 1. The molecule has 0 aliphatic carbocycles. The van der Waals surface area contributed by atoms with E-state index in [9.17, 15) is 4.79 Å². The zero-order valence-corrected chi connectivity index (χ0v) is 19.5. The number of oxazole rings is 1. The molecule has 0 bridgehead atoms. The van der Waals surface area contributed by atoms with Gasteiger partial charge in [0.2, 0.25) is 5.89 Å². The summed E-state index contributed by atoms with van der Waals surface area (Å²) in [5, 5.41) is 15.2. The van der Waals surface area contributed by atoms with Crippen molar-refractivity contribution in [1.29, 1.82) is 0 Å². The van der Waals surface area contributed by atoms with Crippen molar-refractivity contribution in [3.8, 4) is 16.5 Å². The van der Waals surface area contributed by atoms with Gasteiger partial charge in [0.15, 0.2) is 0 Å². The van der Waals surface area contributed by atoms with Crippen molar-refractivity contribution in [1.82, 2.24) is 4.98 Å². The molecule has 0 amide bonds. The fraction of sp³-hybridized carbons (Fsp3) is 0.192. The van der Waals surface area contributed by atoms with Crippen molar-refractivity contribution in [2.24, 2.45) is 5.16 Å². The first-order valence-electron chi connectivity index (χ1n) is 10.8. The van der Waals surface area contributed by atoms with Crippen LogP contribution in [0.4, 0.5) is 0 Å². The minimum Gasteiger partial charge on any atom is -0.487 e. The summed E-state index contributed by atoms with van der Waals surface area (Å²) in [7, 11) is 0. The Hall–Kier alpha value is -3.91. The van der Waals surface area contributed by atoms with Crippen molar-refractivity contribution in [3.63, 3.8) is 0 Å². The number of nitrogens with zero attached hydrogens (tertiary/aromatic N) is 2. The number of hydrogen-bond acceptors (Lipinski definition) is 7. The van der Waals surface area contributed by atoms with Gasteiger partial charge < -0.3 is 19.1 Å². The predicted octanol–water partition coefficient (Wildman–Crippen LogP) is 6.08. The Kier molecular flexibility index (Phi) is 7.72. The van der Waals surface area contributed by atoms with Gasteiger partial charge in [-0.05, 0) is 41.6 Å². The maximum Gasteiger partial charge on any atom is 0.303 e. The van der Waals surface area contributed by atoms with Gasteiger partial charge in [-0.3, -0.25) is 4.79 Å². The summed E-state index contributed by atoms with van der Waals surface area (Å²) in [6.07, 6.45) is 0.282. The summed E-state index contributed by atoms with van der Waals surface area (Å²) < 4.78 is 11.6. The second-order valence-corrected chi connectivity index (χ2v) is 8.45. The summed E-state index contributed by atoms with van der Waals surface area (Å²) in [5.74, 6) is 1.18. The van der Waals surface area contributed by atoms with E-state index in [-0.39, 0.29) is 13.0 Å². The maximum absolute atomic E-state index is 11.0. The van der Waals surface area contributed by atoms with Gasteiger partial charge in [-0.1, -0.05) is 53.7 Å². The van der Waals surface area contributed by atoms with E-state index in [1.54, 1.807) is 11.3 Å². The highest BCUT2D eigenvalue weighted by atomic mass is 32.1. The number of rotatable bonds is 11. The van der Waals surface area contributed by atoms with Gasteiger partial charge in [-0.15, -0.1) is 11.3 Å². The minimum absolute atomic E-state index is 0.0110. The molecule has 4 aromatic rings. The Labute approximate surface area is 201 Å². The molecule has 2 heterocycles. The molecule has 1 N–H and O–H groups in total. The van der Waals surface area contributed by atoms with Crippen LogP contribution in [0.2, 0.25) is 0 Å². The number of carbonyl (C=O) groups is 1. The van der Waals surface area contributed by atoms with Crippen LogP contribution in [-0.4, -0.2) is 21.8 Å². The number of aromatic nitrogens is 1. The van der Waals surface area contributed by atoms with E-state index in [1.165, 1.54) is 0 Å². The van der Waals surface area contributed by atoms with Gasteiger partial charge in [0.25, 0.3) is 0 Å². The van der Waals surface area contributed by atoms with E-state index in [0.29, 0.717) is 30.4 Å². The van der Waals surface area contributed by atoms with E-state index in [4.69, 9.17) is 19.1 Å². The monoisotopic (exact) mass is 476 g/mol. The van der Waals surface area contributed by atoms with Crippen LogP contribution < -0.4 is 4.74 Å². The number of hydrogen-bond donors (Lipinski definition) is 1. The molecule has 0 fully saturated rings. The highest BCUT2D eigenvalue weighted by molar-refractivity contribution is 7.13. The van der Waals surface area contributed by atoms with Crippen LogP contribution in [-0.2, 0) is 22.8 Å². The zero-order chi connectivity index (χ0) is 23.8. The van der Waals surface area contributed by atoms with Gasteiger partial charge >= 0.3 is 5.97 Å². The lowest BCUT2D eigenvalue weighted by Gasteiger charge is -2.08. The van der Waals surface area contributed by atoms with Crippen LogP contribution in [0, 0.1) is 6.92 Å². The third-order valence-electron chi connectivity index (χ3n) is 5.01. The van der Waals surface area contributed by atoms with Crippen molar-refractivity contribution in [2.75, 3.05) is 0 Å². The second-order valence-electron chi connectivity index (χ2n) is 7.50. The zero-order valence-electron chi connectivity index (χ0n) is 18.6. The van der Waals surface area contributed by atoms with Crippen molar-refractivity contribution in [3.05, 3.63) is 94.7 Å². The average molecular weight is 477 g/mol. The summed E-state index contributed by atoms with van der Waals surface area (Å²) in [6.45, 7) is 2.45. The largest absolute Gasteiger partial charge is 0.487 e. The highest BCUT2D eigenvalue weighted by Gasteiger charge is 2.13. The average Bonchev–Trinajstić information content (AvgIpc) is 3.51. The third kappa shape index (κ3) is 6.32. The molecule has 0 unspecified atom stereocenters. The van der Waals surface area contributed by atoms with E-state index >= 15 is 0 Å². The number of oxime groups is 1. The van der Waals surface area contributed by atoms with Crippen LogP contribution in [0.1, 0.15) is 35.4 Å². The van der Waals surface area contributed by atoms with E-state index in [1.807, 2.05) is 79.0 Å². The quantitative estimate of drug-likeness (QED) is 0.208. The predicted molar refractivity (Wildman–Crippen MR) is 130 cm³/mol. The van der Waals surface area contributed by atoms with Gasteiger partial charge in [-0.25, -0.2) is 4.98 Å². The number of aryl methyl sites for hydroxylation is 1. The molecule has 0 saturated carbocycles. The van der Waals surface area contributed by atoms with E-state index in [0.717, 1.165) is 27.5 Å². The number of ether oxygens (including phenoxy) is 1. The standard InChI is InChI=1S/C26H24N2O5S/c1-18-23(27-26(33-18)24-8-5-15-34-24)17-31-21-11-9-19(10-12-21)16-32-28-22(13-14-25(29)30)20-6-3-2-4-7-20/h2-12,15H,13-14,16-17H2,1H3,(H,29,30). The molecule has 8 heteroatoms. The Morgan fingerprint density at radius 3 is 2.53 bits per heavy atom. The van der Waals surface area contributed by atoms with Crippen molar-refractivity contribution >= 4 is 23.0 Å². The molecule has 0 aliphatic heterocycles. The Bertz CT molecular complexity index is 1230. The molecule has 174 valence electrons. The van der Waals surface area contributed by atoms with Crippen LogP contribution in [0.5, 0.6) is 5.75 Å². The molecule has 7 nitrogen and oxygen atoms in total. The summed E-state index contributed by atoms with van der Waals surface area (Å²) in [4.78, 5) is 22.0. The lowest BCUT2D eigenvalue weighted by Crippen LogP contribution is -2.06. The molecular weight excluding hydrogens is 452 g/mol. The molecule has 0 spiro atoms.